The second-order valence-electron chi connectivity index (χ2n) is 4.53. The maximum Gasteiger partial charge on any atom is 0.279 e. The van der Waals surface area contributed by atoms with Crippen molar-refractivity contribution >= 4 is 23.0 Å². The maximum atomic E-state index is 13.4. The number of hydrogen-bond donors (Lipinski definition) is 1. The number of carbonyl (C=O) groups excluding carboxylic acids is 1. The van der Waals surface area contributed by atoms with Gasteiger partial charge in [-0.3, -0.25) is 25.0 Å². The average molecular weight is 319 g/mol. The lowest BCUT2D eigenvalue weighted by atomic mass is 10.1. The molecule has 1 amide bonds. The lowest BCUT2D eigenvalue weighted by Gasteiger charge is -2.06. The Kier molecular flexibility index (Phi) is 4.60. The van der Waals surface area contributed by atoms with Gasteiger partial charge in [0, 0.05) is 11.6 Å². The molecule has 1 N–H and O–H groups in total. The van der Waals surface area contributed by atoms with Crippen molar-refractivity contribution in [3.8, 4) is 0 Å². The van der Waals surface area contributed by atoms with Crippen molar-refractivity contribution in [3.05, 3.63) is 74.1 Å². The fourth-order valence-corrected chi connectivity index (χ4v) is 1.92. The zero-order chi connectivity index (χ0) is 17.0. The van der Waals surface area contributed by atoms with Gasteiger partial charge in [-0.25, -0.2) is 4.39 Å². The molecule has 0 heterocycles. The molecular weight excluding hydrogens is 309 g/mol. The van der Waals surface area contributed by atoms with E-state index in [2.05, 4.69) is 5.32 Å². The zero-order valence-electron chi connectivity index (χ0n) is 11.6. The number of benzene rings is 2. The van der Waals surface area contributed by atoms with Gasteiger partial charge in [-0.15, -0.1) is 0 Å². The van der Waals surface area contributed by atoms with E-state index in [1.807, 2.05) is 0 Å². The average Bonchev–Trinajstić information content (AvgIpc) is 2.49. The van der Waals surface area contributed by atoms with Gasteiger partial charge < -0.3 is 5.32 Å². The Morgan fingerprint density at radius 2 is 1.78 bits per heavy atom. The van der Waals surface area contributed by atoms with Gasteiger partial charge in [0.25, 0.3) is 11.4 Å². The summed E-state index contributed by atoms with van der Waals surface area (Å²) in [5.41, 5.74) is -1.05. The number of para-hydroxylation sites is 1. The van der Waals surface area contributed by atoms with Crippen LogP contribution in [0.1, 0.15) is 5.56 Å². The Morgan fingerprint density at radius 1 is 1.09 bits per heavy atom. The number of nitrogens with zero attached hydrogens (tertiary/aromatic N) is 2. The quantitative estimate of drug-likeness (QED) is 0.672. The van der Waals surface area contributed by atoms with Gasteiger partial charge in [0.15, 0.2) is 0 Å². The van der Waals surface area contributed by atoms with E-state index in [1.54, 1.807) is 0 Å². The van der Waals surface area contributed by atoms with Crippen LogP contribution in [0.2, 0.25) is 0 Å². The van der Waals surface area contributed by atoms with Crippen molar-refractivity contribution in [2.75, 3.05) is 5.32 Å². The van der Waals surface area contributed by atoms with Crippen LogP contribution in [0.4, 0.5) is 21.5 Å². The van der Waals surface area contributed by atoms with Crippen molar-refractivity contribution in [2.24, 2.45) is 0 Å². The molecule has 0 spiro atoms. The highest BCUT2D eigenvalue weighted by atomic mass is 19.1. The third-order valence-electron chi connectivity index (χ3n) is 2.98. The summed E-state index contributed by atoms with van der Waals surface area (Å²) < 4.78 is 13.4. The molecule has 2 aromatic rings. The van der Waals surface area contributed by atoms with Crippen LogP contribution in [-0.2, 0) is 11.2 Å². The highest BCUT2D eigenvalue weighted by Crippen LogP contribution is 2.25. The lowest BCUT2D eigenvalue weighted by molar-refractivity contribution is -0.394. The van der Waals surface area contributed by atoms with Crippen molar-refractivity contribution in [2.45, 2.75) is 6.42 Å². The molecular formula is C14H10FN3O5. The molecule has 0 saturated carbocycles. The summed E-state index contributed by atoms with van der Waals surface area (Å²) in [5.74, 6) is -1.31. The topological polar surface area (TPSA) is 115 Å². The predicted molar refractivity (Wildman–Crippen MR) is 78.5 cm³/mol. The van der Waals surface area contributed by atoms with E-state index in [-0.39, 0.29) is 11.3 Å². The number of rotatable bonds is 5. The van der Waals surface area contributed by atoms with Crippen molar-refractivity contribution in [1.29, 1.82) is 0 Å². The molecule has 0 fully saturated rings. The molecule has 9 heteroatoms. The third kappa shape index (κ3) is 3.84. The molecule has 2 rings (SSSR count). The Hall–Kier alpha value is -3.36. The summed E-state index contributed by atoms with van der Waals surface area (Å²) in [6.07, 6.45) is -0.414. The molecule has 0 saturated heterocycles. The molecule has 2 aromatic carbocycles. The Morgan fingerprint density at radius 3 is 2.39 bits per heavy atom. The number of nitro benzene ring substituents is 2. The maximum absolute atomic E-state index is 13.4. The number of nitro groups is 2. The molecule has 23 heavy (non-hydrogen) atoms. The van der Waals surface area contributed by atoms with Crippen LogP contribution < -0.4 is 5.32 Å². The number of amides is 1. The second-order valence-corrected chi connectivity index (χ2v) is 4.53. The lowest BCUT2D eigenvalue weighted by Crippen LogP contribution is -2.16. The number of anilines is 1. The molecule has 0 aliphatic carbocycles. The Balaban J connectivity index is 2.22. The highest BCUT2D eigenvalue weighted by Gasteiger charge is 2.21. The first-order valence-corrected chi connectivity index (χ1v) is 6.34. The number of halogens is 1. The van der Waals surface area contributed by atoms with E-state index in [0.717, 1.165) is 24.3 Å². The minimum atomic E-state index is -0.807. The molecule has 0 bridgehead atoms. The van der Waals surface area contributed by atoms with E-state index >= 15 is 0 Å². The van der Waals surface area contributed by atoms with Crippen LogP contribution >= 0.6 is 0 Å². The van der Waals surface area contributed by atoms with Gasteiger partial charge in [-0.1, -0.05) is 12.1 Å². The number of non-ortho nitro benzene ring substituents is 1. The summed E-state index contributed by atoms with van der Waals surface area (Å²) in [6, 6.07) is 8.46. The van der Waals surface area contributed by atoms with Crippen molar-refractivity contribution in [1.82, 2.24) is 0 Å². The smallest absolute Gasteiger partial charge is 0.279 e. The second kappa shape index (κ2) is 6.60. The van der Waals surface area contributed by atoms with Crippen LogP contribution in [0.25, 0.3) is 0 Å². The van der Waals surface area contributed by atoms with Crippen molar-refractivity contribution in [3.63, 3.8) is 0 Å². The fourth-order valence-electron chi connectivity index (χ4n) is 1.92. The molecule has 8 nitrogen and oxygen atoms in total. The first kappa shape index (κ1) is 16.0. The molecule has 0 radical (unpaired) electrons. The number of hydrogen-bond acceptors (Lipinski definition) is 5. The monoisotopic (exact) mass is 319 g/mol. The minimum Gasteiger partial charge on any atom is -0.323 e. The van der Waals surface area contributed by atoms with Gasteiger partial charge >= 0.3 is 0 Å². The van der Waals surface area contributed by atoms with E-state index in [4.69, 9.17) is 0 Å². The summed E-state index contributed by atoms with van der Waals surface area (Å²) in [6.45, 7) is 0. The molecule has 0 aliphatic heterocycles. The normalized spacial score (nSPS) is 10.1. The van der Waals surface area contributed by atoms with E-state index in [0.29, 0.717) is 0 Å². The van der Waals surface area contributed by atoms with Crippen LogP contribution in [0.5, 0.6) is 0 Å². The van der Waals surface area contributed by atoms with Gasteiger partial charge in [-0.05, 0) is 18.2 Å². The molecule has 0 aliphatic rings. The minimum absolute atomic E-state index is 0.00515. The van der Waals surface area contributed by atoms with Crippen LogP contribution in [0, 0.1) is 26.0 Å². The van der Waals surface area contributed by atoms with Crippen LogP contribution in [-0.4, -0.2) is 15.8 Å². The molecule has 118 valence electrons. The third-order valence-corrected chi connectivity index (χ3v) is 2.98. The number of nitrogens with one attached hydrogen (secondary N) is 1. The SMILES string of the molecule is O=C(Cc1ccc([N+](=O)[O-])cc1[N+](=O)[O-])Nc1ccccc1F. The van der Waals surface area contributed by atoms with Gasteiger partial charge in [0.05, 0.1) is 28.0 Å². The summed E-state index contributed by atoms with van der Waals surface area (Å²) in [7, 11) is 0. The molecule has 0 atom stereocenters. The fraction of sp³-hybridized carbons (Fsp3) is 0.0714. The largest absolute Gasteiger partial charge is 0.323 e. The van der Waals surface area contributed by atoms with Gasteiger partial charge in [0.1, 0.15) is 5.82 Å². The zero-order valence-corrected chi connectivity index (χ0v) is 11.6. The Labute approximate surface area is 128 Å². The standard InChI is InChI=1S/C14H10FN3O5/c15-11-3-1-2-4-12(11)16-14(19)7-9-5-6-10(17(20)21)8-13(9)18(22)23/h1-6,8H,7H2,(H,16,19). The van der Waals surface area contributed by atoms with Crippen LogP contribution in [0.3, 0.4) is 0 Å². The van der Waals surface area contributed by atoms with Crippen molar-refractivity contribution < 1.29 is 19.0 Å². The first-order valence-electron chi connectivity index (χ1n) is 6.34. The van der Waals surface area contributed by atoms with E-state index < -0.39 is 39.4 Å². The number of carbonyl (C=O) groups is 1. The van der Waals surface area contributed by atoms with Gasteiger partial charge in [0.2, 0.25) is 5.91 Å². The van der Waals surface area contributed by atoms with Crippen LogP contribution in [0.15, 0.2) is 42.5 Å². The van der Waals surface area contributed by atoms with Gasteiger partial charge in [-0.2, -0.15) is 0 Å². The molecule has 0 unspecified atom stereocenters. The van der Waals surface area contributed by atoms with E-state index in [9.17, 15) is 29.4 Å². The summed E-state index contributed by atoms with van der Waals surface area (Å²) in [5, 5.41) is 23.9. The predicted octanol–water partition coefficient (Wildman–Crippen LogP) is 2.82. The molecule has 0 aromatic heterocycles. The summed E-state index contributed by atoms with van der Waals surface area (Å²) >= 11 is 0. The first-order chi connectivity index (χ1) is 10.9. The summed E-state index contributed by atoms with van der Waals surface area (Å²) in [4.78, 5) is 32.0. The highest BCUT2D eigenvalue weighted by molar-refractivity contribution is 5.93. The Bertz CT molecular complexity index is 794. The van der Waals surface area contributed by atoms with E-state index in [1.165, 1.54) is 18.2 Å².